The number of nitrogens with zero attached hydrogens (tertiary/aromatic N) is 3. The molecular formula is C25H27N3O4S. The van der Waals surface area contributed by atoms with Crippen LogP contribution < -0.4 is 14.4 Å². The average molecular weight is 466 g/mol. The molecule has 2 atom stereocenters. The predicted octanol–water partition coefficient (Wildman–Crippen LogP) is 4.07. The second kappa shape index (κ2) is 9.02. The third-order valence-corrected chi connectivity index (χ3v) is 7.74. The van der Waals surface area contributed by atoms with Gasteiger partial charge in [0.25, 0.3) is 0 Å². The van der Waals surface area contributed by atoms with Crippen LogP contribution in [0.5, 0.6) is 11.5 Å². The Morgan fingerprint density at radius 2 is 1.97 bits per heavy atom. The monoisotopic (exact) mass is 465 g/mol. The van der Waals surface area contributed by atoms with E-state index in [1.165, 1.54) is 4.70 Å². The maximum atomic E-state index is 13.4. The largest absolute Gasteiger partial charge is 0.497 e. The molecule has 2 aliphatic heterocycles. The van der Waals surface area contributed by atoms with Crippen molar-refractivity contribution in [2.24, 2.45) is 5.92 Å². The van der Waals surface area contributed by atoms with Crippen LogP contribution in [0.3, 0.4) is 0 Å². The maximum absolute atomic E-state index is 13.4. The summed E-state index contributed by atoms with van der Waals surface area (Å²) in [6.45, 7) is 1.76. The normalized spacial score (nSPS) is 21.0. The molecule has 0 spiro atoms. The molecule has 3 aromatic rings. The van der Waals surface area contributed by atoms with Gasteiger partial charge in [0.05, 0.1) is 41.0 Å². The number of hydrogen-bond donors (Lipinski definition) is 0. The fourth-order valence-electron chi connectivity index (χ4n) is 4.82. The van der Waals surface area contributed by atoms with E-state index in [0.717, 1.165) is 29.9 Å². The number of fused-ring (bicyclic) bond motifs is 1. The third-order valence-electron chi connectivity index (χ3n) is 6.54. The van der Waals surface area contributed by atoms with Crippen LogP contribution in [0.25, 0.3) is 10.2 Å². The molecule has 1 aromatic heterocycles. The number of ether oxygens (including phenoxy) is 2. The first-order valence-electron chi connectivity index (χ1n) is 11.2. The van der Waals surface area contributed by atoms with Gasteiger partial charge in [-0.1, -0.05) is 12.1 Å². The van der Waals surface area contributed by atoms with Crippen molar-refractivity contribution in [3.05, 3.63) is 47.5 Å². The number of carbonyl (C=O) groups excluding carboxylic acids is 2. The zero-order valence-electron chi connectivity index (χ0n) is 18.8. The highest BCUT2D eigenvalue weighted by molar-refractivity contribution is 7.18. The molecule has 0 radical (unpaired) electrons. The number of rotatable bonds is 5. The molecule has 2 aromatic carbocycles. The zero-order chi connectivity index (χ0) is 22.9. The van der Waals surface area contributed by atoms with Gasteiger partial charge >= 0.3 is 0 Å². The summed E-state index contributed by atoms with van der Waals surface area (Å²) in [6.07, 6.45) is 2.20. The fraction of sp³-hybridized carbons (Fsp3) is 0.400. The minimum absolute atomic E-state index is 0.0588. The smallest absolute Gasteiger partial charge is 0.228 e. The molecule has 33 heavy (non-hydrogen) atoms. The molecule has 0 unspecified atom stereocenters. The van der Waals surface area contributed by atoms with Crippen LogP contribution >= 0.6 is 11.3 Å². The molecule has 7 nitrogen and oxygen atoms in total. The molecule has 8 heteroatoms. The lowest BCUT2D eigenvalue weighted by Gasteiger charge is -2.33. The number of amides is 2. The van der Waals surface area contributed by atoms with E-state index >= 15 is 0 Å². The Labute approximate surface area is 196 Å². The second-order valence-electron chi connectivity index (χ2n) is 8.59. The highest BCUT2D eigenvalue weighted by Crippen LogP contribution is 2.37. The van der Waals surface area contributed by atoms with Crippen LogP contribution in [-0.4, -0.2) is 55.6 Å². The Hall–Kier alpha value is -3.13. The van der Waals surface area contributed by atoms with Crippen molar-refractivity contribution in [3.8, 4) is 11.5 Å². The zero-order valence-corrected chi connectivity index (χ0v) is 19.6. The van der Waals surface area contributed by atoms with Crippen LogP contribution in [0, 0.1) is 5.92 Å². The Kier molecular flexibility index (Phi) is 5.93. The third kappa shape index (κ3) is 4.15. The SMILES string of the molecule is COc1ccc(N2C[C@H](C(=O)N3CCC[C@@H](c4nc5ccccc5s4)C3)CC2=O)c(OC)c1. The number of benzene rings is 2. The summed E-state index contributed by atoms with van der Waals surface area (Å²) in [5.41, 5.74) is 1.69. The molecular weight excluding hydrogens is 438 g/mol. The van der Waals surface area contributed by atoms with Crippen LogP contribution in [0.1, 0.15) is 30.2 Å². The van der Waals surface area contributed by atoms with Crippen molar-refractivity contribution >= 4 is 39.1 Å². The number of aromatic nitrogens is 1. The van der Waals surface area contributed by atoms with Gasteiger partial charge in [-0.2, -0.15) is 0 Å². The summed E-state index contributed by atoms with van der Waals surface area (Å²) in [4.78, 5) is 34.7. The quantitative estimate of drug-likeness (QED) is 0.568. The lowest BCUT2D eigenvalue weighted by atomic mass is 9.96. The van der Waals surface area contributed by atoms with Crippen molar-refractivity contribution in [2.45, 2.75) is 25.2 Å². The number of methoxy groups -OCH3 is 2. The van der Waals surface area contributed by atoms with E-state index in [1.54, 1.807) is 42.6 Å². The van der Waals surface area contributed by atoms with E-state index in [0.29, 0.717) is 30.3 Å². The standard InChI is InChI=1S/C25H27N3O4S/c1-31-18-9-10-20(21(13-18)32-2)28-15-17(12-23(28)29)25(30)27-11-5-6-16(14-27)24-26-19-7-3-4-8-22(19)33-24/h3-4,7-10,13,16-17H,5-6,11-12,14-15H2,1-2H3/t16-,17-/m1/s1. The van der Waals surface area contributed by atoms with E-state index in [2.05, 4.69) is 6.07 Å². The van der Waals surface area contributed by atoms with E-state index in [9.17, 15) is 9.59 Å². The van der Waals surface area contributed by atoms with Gasteiger partial charge in [0.2, 0.25) is 11.8 Å². The Morgan fingerprint density at radius 3 is 2.76 bits per heavy atom. The Morgan fingerprint density at radius 1 is 1.12 bits per heavy atom. The molecule has 2 aliphatic rings. The topological polar surface area (TPSA) is 72.0 Å². The number of carbonyl (C=O) groups is 2. The van der Waals surface area contributed by atoms with E-state index in [4.69, 9.17) is 14.5 Å². The van der Waals surface area contributed by atoms with E-state index < -0.39 is 0 Å². The molecule has 3 heterocycles. The number of para-hydroxylation sites is 1. The first-order valence-corrected chi connectivity index (χ1v) is 12.1. The highest BCUT2D eigenvalue weighted by atomic mass is 32.1. The fourth-order valence-corrected chi connectivity index (χ4v) is 5.91. The number of hydrogen-bond acceptors (Lipinski definition) is 6. The van der Waals surface area contributed by atoms with Gasteiger partial charge in [0, 0.05) is 38.0 Å². The van der Waals surface area contributed by atoms with Gasteiger partial charge in [-0.15, -0.1) is 11.3 Å². The predicted molar refractivity (Wildman–Crippen MR) is 128 cm³/mol. The first-order chi connectivity index (χ1) is 16.1. The van der Waals surface area contributed by atoms with Crippen LogP contribution in [-0.2, 0) is 9.59 Å². The van der Waals surface area contributed by atoms with Gasteiger partial charge in [0.15, 0.2) is 0 Å². The van der Waals surface area contributed by atoms with Gasteiger partial charge in [-0.05, 0) is 37.1 Å². The summed E-state index contributed by atoms with van der Waals surface area (Å²) < 4.78 is 11.9. The minimum Gasteiger partial charge on any atom is -0.497 e. The second-order valence-corrected chi connectivity index (χ2v) is 9.65. The summed E-state index contributed by atoms with van der Waals surface area (Å²) >= 11 is 1.72. The van der Waals surface area contributed by atoms with Crippen LogP contribution in [0.4, 0.5) is 5.69 Å². The first kappa shape index (κ1) is 21.7. The molecule has 5 rings (SSSR count). The molecule has 2 fully saturated rings. The van der Waals surface area contributed by atoms with Crippen LogP contribution in [0.15, 0.2) is 42.5 Å². The highest BCUT2D eigenvalue weighted by Gasteiger charge is 2.39. The van der Waals surface area contributed by atoms with Gasteiger partial charge in [-0.25, -0.2) is 4.98 Å². The summed E-state index contributed by atoms with van der Waals surface area (Å²) in [5, 5.41) is 1.10. The Bertz CT molecular complexity index is 1160. The molecule has 2 saturated heterocycles. The van der Waals surface area contributed by atoms with Gasteiger partial charge < -0.3 is 19.3 Å². The number of thiazole rings is 1. The summed E-state index contributed by atoms with van der Waals surface area (Å²) in [6, 6.07) is 13.5. The van der Waals surface area contributed by atoms with Gasteiger partial charge in [0.1, 0.15) is 11.5 Å². The molecule has 2 amide bonds. The molecule has 0 aliphatic carbocycles. The van der Waals surface area contributed by atoms with E-state index in [-0.39, 0.29) is 30.1 Å². The molecule has 0 saturated carbocycles. The Balaban J connectivity index is 1.30. The molecule has 0 N–H and O–H groups in total. The van der Waals surface area contributed by atoms with Crippen molar-refractivity contribution in [3.63, 3.8) is 0 Å². The van der Waals surface area contributed by atoms with E-state index in [1.807, 2.05) is 29.2 Å². The summed E-state index contributed by atoms with van der Waals surface area (Å²) in [5.74, 6) is 1.11. The summed E-state index contributed by atoms with van der Waals surface area (Å²) in [7, 11) is 3.15. The molecule has 0 bridgehead atoms. The number of likely N-dealkylation sites (tertiary alicyclic amines) is 1. The number of piperidine rings is 1. The average Bonchev–Trinajstić information content (AvgIpc) is 3.47. The van der Waals surface area contributed by atoms with Crippen LogP contribution in [0.2, 0.25) is 0 Å². The lowest BCUT2D eigenvalue weighted by molar-refractivity contribution is -0.137. The van der Waals surface area contributed by atoms with Crippen molar-refractivity contribution in [1.29, 1.82) is 0 Å². The van der Waals surface area contributed by atoms with Crippen molar-refractivity contribution in [1.82, 2.24) is 9.88 Å². The van der Waals surface area contributed by atoms with Crippen molar-refractivity contribution < 1.29 is 19.1 Å². The minimum atomic E-state index is -0.349. The lowest BCUT2D eigenvalue weighted by Crippen LogP contribution is -2.43. The van der Waals surface area contributed by atoms with Gasteiger partial charge in [-0.3, -0.25) is 9.59 Å². The maximum Gasteiger partial charge on any atom is 0.228 e. The van der Waals surface area contributed by atoms with Crippen molar-refractivity contribution in [2.75, 3.05) is 38.8 Å². The number of anilines is 1. The molecule has 172 valence electrons.